The summed E-state index contributed by atoms with van der Waals surface area (Å²) in [5.74, 6) is 0.886. The quantitative estimate of drug-likeness (QED) is 0.559. The lowest BCUT2D eigenvalue weighted by Gasteiger charge is -2.22. The Hall–Kier alpha value is -2.48. The molecule has 2 rings (SSSR count). The smallest absolute Gasteiger partial charge is 0.262 e. The van der Waals surface area contributed by atoms with E-state index in [0.29, 0.717) is 30.3 Å². The van der Waals surface area contributed by atoms with Crippen molar-refractivity contribution in [1.29, 1.82) is 5.26 Å². The summed E-state index contributed by atoms with van der Waals surface area (Å²) in [7, 11) is 0. The van der Waals surface area contributed by atoms with Gasteiger partial charge in [0.15, 0.2) is 11.5 Å². The number of rotatable bonds is 8. The van der Waals surface area contributed by atoms with Crippen LogP contribution >= 0.6 is 0 Å². The molecule has 0 unspecified atom stereocenters. The molecule has 1 aliphatic carbocycles. The Bertz CT molecular complexity index is 670. The van der Waals surface area contributed by atoms with E-state index in [0.717, 1.165) is 32.1 Å². The van der Waals surface area contributed by atoms with E-state index in [1.807, 2.05) is 38.1 Å². The molecule has 0 bridgehead atoms. The van der Waals surface area contributed by atoms with Crippen molar-refractivity contribution >= 4 is 12.0 Å². The largest absolute Gasteiger partial charge is 0.490 e. The van der Waals surface area contributed by atoms with Gasteiger partial charge in [0.05, 0.1) is 13.2 Å². The van der Waals surface area contributed by atoms with Crippen molar-refractivity contribution in [2.75, 3.05) is 13.2 Å². The normalized spacial score (nSPS) is 15.2. The molecule has 140 valence electrons. The summed E-state index contributed by atoms with van der Waals surface area (Å²) in [5, 5.41) is 12.5. The van der Waals surface area contributed by atoms with Gasteiger partial charge in [0.25, 0.3) is 5.91 Å². The van der Waals surface area contributed by atoms with E-state index in [1.165, 1.54) is 6.42 Å². The molecule has 1 aromatic rings. The maximum atomic E-state index is 12.5. The molecule has 0 heterocycles. The van der Waals surface area contributed by atoms with Crippen LogP contribution in [0, 0.1) is 11.3 Å². The highest BCUT2D eigenvalue weighted by Gasteiger charge is 2.19. The lowest BCUT2D eigenvalue weighted by molar-refractivity contribution is -0.117. The van der Waals surface area contributed by atoms with Gasteiger partial charge in [0, 0.05) is 11.6 Å². The van der Waals surface area contributed by atoms with Gasteiger partial charge in [-0.1, -0.05) is 38.3 Å². The Morgan fingerprint density at radius 1 is 1.27 bits per heavy atom. The first-order chi connectivity index (χ1) is 12.7. The van der Waals surface area contributed by atoms with E-state index in [2.05, 4.69) is 5.32 Å². The molecule has 0 atom stereocenters. The summed E-state index contributed by atoms with van der Waals surface area (Å²) in [4.78, 5) is 12.5. The second-order valence-corrected chi connectivity index (χ2v) is 6.43. The van der Waals surface area contributed by atoms with E-state index in [4.69, 9.17) is 9.47 Å². The molecule has 0 aromatic heterocycles. The van der Waals surface area contributed by atoms with E-state index in [-0.39, 0.29) is 17.5 Å². The van der Waals surface area contributed by atoms with Crippen LogP contribution in [0.5, 0.6) is 11.5 Å². The van der Waals surface area contributed by atoms with Crippen molar-refractivity contribution in [2.45, 2.75) is 58.4 Å². The minimum atomic E-state index is -0.317. The van der Waals surface area contributed by atoms with E-state index < -0.39 is 0 Å². The predicted octanol–water partition coefficient (Wildman–Crippen LogP) is 4.23. The van der Waals surface area contributed by atoms with Crippen LogP contribution in [0.2, 0.25) is 0 Å². The Kier molecular flexibility index (Phi) is 8.01. The average molecular weight is 356 g/mol. The van der Waals surface area contributed by atoms with Crippen LogP contribution in [0.3, 0.4) is 0 Å². The summed E-state index contributed by atoms with van der Waals surface area (Å²) in [6.07, 6.45) is 7.88. The van der Waals surface area contributed by atoms with Crippen molar-refractivity contribution in [3.8, 4) is 17.6 Å². The van der Waals surface area contributed by atoms with Gasteiger partial charge >= 0.3 is 0 Å². The lowest BCUT2D eigenvalue weighted by Crippen LogP contribution is -2.36. The third-order valence-corrected chi connectivity index (χ3v) is 4.37. The minimum Gasteiger partial charge on any atom is -0.490 e. The second kappa shape index (κ2) is 10.5. The minimum absolute atomic E-state index is 0.0885. The van der Waals surface area contributed by atoms with Gasteiger partial charge < -0.3 is 14.8 Å². The van der Waals surface area contributed by atoms with Crippen molar-refractivity contribution in [3.05, 3.63) is 29.3 Å². The first-order valence-electron chi connectivity index (χ1n) is 9.50. The number of hydrogen-bond donors (Lipinski definition) is 1. The molecule has 1 amide bonds. The lowest BCUT2D eigenvalue weighted by atomic mass is 9.95. The topological polar surface area (TPSA) is 71.3 Å². The standard InChI is InChI=1S/C21H28N2O3/c1-3-13-26-20-16(9-8-12-19(20)25-4-2)14-17(15-22)21(24)23-18-10-6-5-7-11-18/h8-9,12,14,18H,3-7,10-11,13H2,1-2H3,(H,23,24)/b17-14+. The molecule has 1 aromatic carbocycles. The number of ether oxygens (including phenoxy) is 2. The molecule has 0 radical (unpaired) electrons. The van der Waals surface area contributed by atoms with Gasteiger partial charge in [0.1, 0.15) is 11.6 Å². The number of nitrogens with one attached hydrogen (secondary N) is 1. The molecule has 1 aliphatic rings. The number of hydrogen-bond acceptors (Lipinski definition) is 4. The number of nitriles is 1. The van der Waals surface area contributed by atoms with Gasteiger partial charge in [-0.15, -0.1) is 0 Å². The highest BCUT2D eigenvalue weighted by atomic mass is 16.5. The summed E-state index contributed by atoms with van der Waals surface area (Å²) < 4.78 is 11.5. The van der Waals surface area contributed by atoms with Crippen molar-refractivity contribution in [1.82, 2.24) is 5.32 Å². The number of para-hydroxylation sites is 1. The van der Waals surface area contributed by atoms with Gasteiger partial charge in [0.2, 0.25) is 0 Å². The molecule has 26 heavy (non-hydrogen) atoms. The molecule has 1 N–H and O–H groups in total. The number of carbonyl (C=O) groups is 1. The van der Waals surface area contributed by atoms with Crippen LogP contribution in [-0.4, -0.2) is 25.2 Å². The molecule has 1 saturated carbocycles. The number of nitrogens with zero attached hydrogens (tertiary/aromatic N) is 1. The third kappa shape index (κ3) is 5.52. The first-order valence-corrected chi connectivity index (χ1v) is 9.50. The fourth-order valence-electron chi connectivity index (χ4n) is 3.09. The van der Waals surface area contributed by atoms with Crippen LogP contribution in [0.15, 0.2) is 23.8 Å². The van der Waals surface area contributed by atoms with Crippen LogP contribution in [-0.2, 0) is 4.79 Å². The monoisotopic (exact) mass is 356 g/mol. The molecule has 1 fully saturated rings. The summed E-state index contributed by atoms with van der Waals surface area (Å²) in [6.45, 7) is 4.99. The Balaban J connectivity index is 2.24. The summed E-state index contributed by atoms with van der Waals surface area (Å²) >= 11 is 0. The fourth-order valence-corrected chi connectivity index (χ4v) is 3.09. The van der Waals surface area contributed by atoms with Crippen LogP contribution in [0.25, 0.3) is 6.08 Å². The van der Waals surface area contributed by atoms with Gasteiger partial charge in [-0.05, 0) is 38.3 Å². The summed E-state index contributed by atoms with van der Waals surface area (Å²) in [6, 6.07) is 7.70. The summed E-state index contributed by atoms with van der Waals surface area (Å²) in [5.41, 5.74) is 0.769. The predicted molar refractivity (Wildman–Crippen MR) is 102 cm³/mol. The zero-order chi connectivity index (χ0) is 18.8. The maximum Gasteiger partial charge on any atom is 0.262 e. The highest BCUT2D eigenvalue weighted by Crippen LogP contribution is 2.33. The van der Waals surface area contributed by atoms with Crippen LogP contribution in [0.4, 0.5) is 0 Å². The molecule has 0 spiro atoms. The fraction of sp³-hybridized carbons (Fsp3) is 0.524. The Labute approximate surface area is 156 Å². The van der Waals surface area contributed by atoms with Crippen LogP contribution in [0.1, 0.15) is 57.9 Å². The van der Waals surface area contributed by atoms with E-state index >= 15 is 0 Å². The zero-order valence-electron chi connectivity index (χ0n) is 15.7. The zero-order valence-corrected chi connectivity index (χ0v) is 15.7. The number of amides is 1. The van der Waals surface area contributed by atoms with Gasteiger partial charge in [-0.25, -0.2) is 0 Å². The first kappa shape index (κ1) is 19.8. The second-order valence-electron chi connectivity index (χ2n) is 6.43. The Morgan fingerprint density at radius 2 is 2.04 bits per heavy atom. The highest BCUT2D eigenvalue weighted by molar-refractivity contribution is 6.02. The van der Waals surface area contributed by atoms with E-state index in [1.54, 1.807) is 6.08 Å². The van der Waals surface area contributed by atoms with Gasteiger partial charge in [-0.3, -0.25) is 4.79 Å². The maximum absolute atomic E-state index is 12.5. The Morgan fingerprint density at radius 3 is 2.69 bits per heavy atom. The molecule has 0 aliphatic heterocycles. The van der Waals surface area contributed by atoms with Crippen molar-refractivity contribution in [3.63, 3.8) is 0 Å². The molecule has 5 nitrogen and oxygen atoms in total. The average Bonchev–Trinajstić information content (AvgIpc) is 2.66. The molecule has 0 saturated heterocycles. The van der Waals surface area contributed by atoms with Crippen LogP contribution < -0.4 is 14.8 Å². The van der Waals surface area contributed by atoms with E-state index in [9.17, 15) is 10.1 Å². The molecule has 5 heteroatoms. The SMILES string of the molecule is CCCOc1c(/C=C(\C#N)C(=O)NC2CCCCC2)cccc1OCC. The van der Waals surface area contributed by atoms with Crippen molar-refractivity contribution < 1.29 is 14.3 Å². The van der Waals surface area contributed by atoms with Crippen molar-refractivity contribution in [2.24, 2.45) is 0 Å². The van der Waals surface area contributed by atoms with Gasteiger partial charge in [-0.2, -0.15) is 5.26 Å². The third-order valence-electron chi connectivity index (χ3n) is 4.37. The molecular weight excluding hydrogens is 328 g/mol. The number of carbonyl (C=O) groups excluding carboxylic acids is 1. The number of benzene rings is 1. The molecular formula is C21H28N2O3.